The fourth-order valence-electron chi connectivity index (χ4n) is 2.11. The Morgan fingerprint density at radius 3 is 2.78 bits per heavy atom. The van der Waals surface area contributed by atoms with Crippen molar-refractivity contribution in [1.29, 1.82) is 0 Å². The van der Waals surface area contributed by atoms with E-state index in [1.165, 1.54) is 0 Å². The molecule has 0 radical (unpaired) electrons. The van der Waals surface area contributed by atoms with E-state index < -0.39 is 0 Å². The van der Waals surface area contributed by atoms with Crippen molar-refractivity contribution in [2.75, 3.05) is 25.6 Å². The Labute approximate surface area is 116 Å². The number of halogens is 1. The second-order valence-electron chi connectivity index (χ2n) is 4.35. The van der Waals surface area contributed by atoms with Crippen molar-refractivity contribution < 1.29 is 4.74 Å². The number of alkyl halides is 1. The van der Waals surface area contributed by atoms with Gasteiger partial charge in [0.1, 0.15) is 11.6 Å². The number of nitrogens with zero attached hydrogens (tertiary/aromatic N) is 2. The first-order valence-electron chi connectivity index (χ1n) is 5.90. The normalized spacial score (nSPS) is 12.4. The van der Waals surface area contributed by atoms with E-state index in [1.54, 1.807) is 7.11 Å². The van der Waals surface area contributed by atoms with Crippen LogP contribution in [0, 0.1) is 0 Å². The standard InChI is InChI=1S/C14H17BrN2O/c1-10(15)9-17(2)14-12-5-4-6-13(18-3)11(12)7-8-16-14/h4-8,10H,9H2,1-3H3. The van der Waals surface area contributed by atoms with Crippen LogP contribution in [0.4, 0.5) is 5.82 Å². The minimum Gasteiger partial charge on any atom is -0.496 e. The number of ether oxygens (including phenoxy) is 1. The first-order valence-corrected chi connectivity index (χ1v) is 6.82. The quantitative estimate of drug-likeness (QED) is 0.809. The lowest BCUT2D eigenvalue weighted by Gasteiger charge is -2.21. The van der Waals surface area contributed by atoms with Gasteiger partial charge in [0.2, 0.25) is 0 Å². The Hall–Kier alpha value is -1.29. The fraction of sp³-hybridized carbons (Fsp3) is 0.357. The zero-order chi connectivity index (χ0) is 13.1. The summed E-state index contributed by atoms with van der Waals surface area (Å²) in [5, 5.41) is 2.21. The highest BCUT2D eigenvalue weighted by Crippen LogP contribution is 2.30. The summed E-state index contributed by atoms with van der Waals surface area (Å²) in [7, 11) is 3.75. The summed E-state index contributed by atoms with van der Waals surface area (Å²) >= 11 is 3.57. The Balaban J connectivity index is 2.52. The molecule has 18 heavy (non-hydrogen) atoms. The van der Waals surface area contributed by atoms with Crippen molar-refractivity contribution in [1.82, 2.24) is 4.98 Å². The summed E-state index contributed by atoms with van der Waals surface area (Å²) in [6.07, 6.45) is 1.83. The van der Waals surface area contributed by atoms with Gasteiger partial charge in [-0.2, -0.15) is 0 Å². The van der Waals surface area contributed by atoms with Crippen LogP contribution in [-0.4, -0.2) is 30.5 Å². The van der Waals surface area contributed by atoms with Gasteiger partial charge >= 0.3 is 0 Å². The summed E-state index contributed by atoms with van der Waals surface area (Å²) < 4.78 is 5.39. The highest BCUT2D eigenvalue weighted by molar-refractivity contribution is 9.09. The summed E-state index contributed by atoms with van der Waals surface area (Å²) in [5.41, 5.74) is 0. The van der Waals surface area contributed by atoms with Crippen molar-refractivity contribution in [2.24, 2.45) is 0 Å². The van der Waals surface area contributed by atoms with Gasteiger partial charge in [-0.1, -0.05) is 35.0 Å². The lowest BCUT2D eigenvalue weighted by molar-refractivity contribution is 0.420. The number of aromatic nitrogens is 1. The first kappa shape index (κ1) is 13.1. The van der Waals surface area contributed by atoms with Gasteiger partial charge < -0.3 is 9.64 Å². The molecule has 2 aromatic rings. The predicted molar refractivity (Wildman–Crippen MR) is 80.0 cm³/mol. The molecule has 3 nitrogen and oxygen atoms in total. The molecule has 0 bridgehead atoms. The van der Waals surface area contributed by atoms with E-state index in [2.05, 4.69) is 45.9 Å². The lowest BCUT2D eigenvalue weighted by atomic mass is 10.1. The van der Waals surface area contributed by atoms with E-state index in [4.69, 9.17) is 4.74 Å². The summed E-state index contributed by atoms with van der Waals surface area (Å²) in [6.45, 7) is 3.03. The third kappa shape index (κ3) is 2.58. The maximum absolute atomic E-state index is 5.39. The lowest BCUT2D eigenvalue weighted by Crippen LogP contribution is -2.24. The molecule has 0 amide bonds. The van der Waals surface area contributed by atoms with Gasteiger partial charge in [0, 0.05) is 35.4 Å². The van der Waals surface area contributed by atoms with Crippen molar-refractivity contribution in [3.8, 4) is 5.75 Å². The molecule has 0 fully saturated rings. The third-order valence-corrected chi connectivity index (χ3v) is 3.14. The third-order valence-electron chi connectivity index (χ3n) is 2.85. The van der Waals surface area contributed by atoms with Gasteiger partial charge in [0.15, 0.2) is 0 Å². The molecule has 0 N–H and O–H groups in total. The molecule has 0 aliphatic heterocycles. The van der Waals surface area contributed by atoms with Crippen LogP contribution in [0.15, 0.2) is 30.5 Å². The maximum Gasteiger partial charge on any atom is 0.136 e. The van der Waals surface area contributed by atoms with Gasteiger partial charge in [-0.05, 0) is 12.1 Å². The van der Waals surface area contributed by atoms with Crippen molar-refractivity contribution in [3.63, 3.8) is 0 Å². The Kier molecular flexibility index (Phi) is 4.07. The molecule has 0 aliphatic carbocycles. The molecule has 0 saturated heterocycles. The minimum atomic E-state index is 0.421. The van der Waals surface area contributed by atoms with Gasteiger partial charge in [-0.25, -0.2) is 4.98 Å². The summed E-state index contributed by atoms with van der Waals surface area (Å²) in [4.78, 5) is 7.06. The summed E-state index contributed by atoms with van der Waals surface area (Å²) in [6, 6.07) is 8.04. The Morgan fingerprint density at radius 2 is 2.11 bits per heavy atom. The number of fused-ring (bicyclic) bond motifs is 1. The predicted octanol–water partition coefficient (Wildman–Crippen LogP) is 3.46. The van der Waals surface area contributed by atoms with Gasteiger partial charge in [-0.15, -0.1) is 0 Å². The maximum atomic E-state index is 5.39. The molecule has 1 unspecified atom stereocenters. The molecule has 0 aliphatic rings. The number of hydrogen-bond donors (Lipinski definition) is 0. The van der Waals surface area contributed by atoms with Crippen LogP contribution < -0.4 is 9.64 Å². The minimum absolute atomic E-state index is 0.421. The average molecular weight is 309 g/mol. The smallest absolute Gasteiger partial charge is 0.136 e. The Bertz CT molecular complexity index is 542. The molecule has 96 valence electrons. The number of rotatable bonds is 4. The van der Waals surface area contributed by atoms with E-state index in [0.29, 0.717) is 4.83 Å². The number of pyridine rings is 1. The molecule has 0 spiro atoms. The number of hydrogen-bond acceptors (Lipinski definition) is 3. The zero-order valence-corrected chi connectivity index (χ0v) is 12.4. The number of anilines is 1. The van der Waals surface area contributed by atoms with Crippen LogP contribution in [-0.2, 0) is 0 Å². The van der Waals surface area contributed by atoms with Crippen LogP contribution in [0.2, 0.25) is 0 Å². The molecular weight excluding hydrogens is 292 g/mol. The van der Waals surface area contributed by atoms with E-state index in [1.807, 2.05) is 24.4 Å². The fourth-order valence-corrected chi connectivity index (χ4v) is 2.54. The second-order valence-corrected chi connectivity index (χ2v) is 5.91. The molecule has 1 heterocycles. The van der Waals surface area contributed by atoms with Crippen LogP contribution >= 0.6 is 15.9 Å². The van der Waals surface area contributed by atoms with Crippen molar-refractivity contribution in [3.05, 3.63) is 30.5 Å². The molecule has 2 rings (SSSR count). The van der Waals surface area contributed by atoms with Crippen LogP contribution in [0.25, 0.3) is 10.8 Å². The number of methoxy groups -OCH3 is 1. The van der Waals surface area contributed by atoms with Crippen LogP contribution in [0.5, 0.6) is 5.75 Å². The van der Waals surface area contributed by atoms with Crippen molar-refractivity contribution in [2.45, 2.75) is 11.8 Å². The highest BCUT2D eigenvalue weighted by atomic mass is 79.9. The monoisotopic (exact) mass is 308 g/mol. The molecule has 4 heteroatoms. The SMILES string of the molecule is COc1cccc2c(N(C)CC(C)Br)nccc12. The zero-order valence-electron chi connectivity index (χ0n) is 10.9. The van der Waals surface area contributed by atoms with Crippen LogP contribution in [0.3, 0.4) is 0 Å². The van der Waals surface area contributed by atoms with Crippen molar-refractivity contribution >= 4 is 32.5 Å². The summed E-state index contributed by atoms with van der Waals surface area (Å²) in [5.74, 6) is 1.87. The number of benzene rings is 1. The van der Waals surface area contributed by atoms with E-state index in [0.717, 1.165) is 28.9 Å². The van der Waals surface area contributed by atoms with E-state index >= 15 is 0 Å². The highest BCUT2D eigenvalue weighted by Gasteiger charge is 2.11. The average Bonchev–Trinajstić information content (AvgIpc) is 2.36. The van der Waals surface area contributed by atoms with Gasteiger partial charge in [0.05, 0.1) is 7.11 Å². The molecule has 1 aromatic carbocycles. The first-order chi connectivity index (χ1) is 8.63. The van der Waals surface area contributed by atoms with Gasteiger partial charge in [-0.3, -0.25) is 0 Å². The van der Waals surface area contributed by atoms with E-state index in [-0.39, 0.29) is 0 Å². The molecule has 1 atom stereocenters. The molecule has 0 saturated carbocycles. The van der Waals surface area contributed by atoms with Crippen LogP contribution in [0.1, 0.15) is 6.92 Å². The second kappa shape index (κ2) is 5.57. The molecule has 1 aromatic heterocycles. The Morgan fingerprint density at radius 1 is 1.33 bits per heavy atom. The topological polar surface area (TPSA) is 25.4 Å². The molecular formula is C14H17BrN2O. The van der Waals surface area contributed by atoms with E-state index in [9.17, 15) is 0 Å². The van der Waals surface area contributed by atoms with Gasteiger partial charge in [0.25, 0.3) is 0 Å². The largest absolute Gasteiger partial charge is 0.496 e.